The lowest BCUT2D eigenvalue weighted by atomic mass is 9.99. The Morgan fingerprint density at radius 3 is 2.31 bits per heavy atom. The van der Waals surface area contributed by atoms with Crippen LogP contribution >= 0.6 is 0 Å². The second kappa shape index (κ2) is 9.65. The van der Waals surface area contributed by atoms with Crippen LogP contribution in [0.1, 0.15) is 65.2 Å². The van der Waals surface area contributed by atoms with Gasteiger partial charge in [-0.25, -0.2) is 0 Å². The minimum atomic E-state index is 0.733. The maximum absolute atomic E-state index is 5.25. The lowest BCUT2D eigenvalue weighted by molar-refractivity contribution is 0.492. The Morgan fingerprint density at radius 2 is 1.69 bits per heavy atom. The zero-order valence-electron chi connectivity index (χ0n) is 9.31. The molecule has 0 nitrogen and oxygen atoms in total. The molecule has 0 spiro atoms. The molecule has 0 radical (unpaired) electrons. The fourth-order valence-electron chi connectivity index (χ4n) is 1.58. The van der Waals surface area contributed by atoms with Crippen LogP contribution in [0.15, 0.2) is 0 Å². The summed E-state index contributed by atoms with van der Waals surface area (Å²) >= 11 is 0. The molecule has 0 aromatic rings. The number of rotatable bonds is 8. The molecule has 0 aliphatic heterocycles. The highest BCUT2D eigenvalue weighted by Gasteiger charge is 1.98. The third-order valence-electron chi connectivity index (χ3n) is 2.52. The zero-order chi connectivity index (χ0) is 9.94. The van der Waals surface area contributed by atoms with E-state index in [2.05, 4.69) is 19.8 Å². The first-order valence-electron chi connectivity index (χ1n) is 5.74. The molecule has 13 heavy (non-hydrogen) atoms. The van der Waals surface area contributed by atoms with Gasteiger partial charge < -0.3 is 0 Å². The lowest BCUT2D eigenvalue weighted by Gasteiger charge is -2.06. The van der Waals surface area contributed by atoms with Crippen LogP contribution in [-0.4, -0.2) is 0 Å². The van der Waals surface area contributed by atoms with Crippen molar-refractivity contribution >= 4 is 0 Å². The van der Waals surface area contributed by atoms with Crippen molar-refractivity contribution in [2.24, 2.45) is 5.92 Å². The fraction of sp³-hybridized carbons (Fsp3) is 0.846. The molecule has 0 aliphatic rings. The predicted octanol–water partition coefficient (Wildman–Crippen LogP) is 4.40. The number of hydrogen-bond donors (Lipinski definition) is 0. The van der Waals surface area contributed by atoms with Crippen LogP contribution in [0.3, 0.4) is 0 Å². The van der Waals surface area contributed by atoms with E-state index >= 15 is 0 Å². The van der Waals surface area contributed by atoms with E-state index in [-0.39, 0.29) is 0 Å². The molecule has 0 aromatic carbocycles. The van der Waals surface area contributed by atoms with Crippen LogP contribution in [0.2, 0.25) is 0 Å². The summed E-state index contributed by atoms with van der Waals surface area (Å²) in [7, 11) is 0. The average Bonchev–Trinajstić information content (AvgIpc) is 2.11. The monoisotopic (exact) mass is 180 g/mol. The molecule has 1 unspecified atom stereocenters. The second-order valence-corrected chi connectivity index (χ2v) is 4.07. The quantitative estimate of drug-likeness (QED) is 0.384. The van der Waals surface area contributed by atoms with E-state index in [4.69, 9.17) is 6.42 Å². The molecule has 1 atom stereocenters. The van der Waals surface area contributed by atoms with Crippen molar-refractivity contribution in [3.05, 3.63) is 0 Å². The first-order chi connectivity index (χ1) is 6.31. The van der Waals surface area contributed by atoms with Gasteiger partial charge in [-0.05, 0) is 12.3 Å². The van der Waals surface area contributed by atoms with Gasteiger partial charge >= 0.3 is 0 Å². The molecule has 0 fully saturated rings. The Balaban J connectivity index is 3.03. The summed E-state index contributed by atoms with van der Waals surface area (Å²) in [5.74, 6) is 3.46. The lowest BCUT2D eigenvalue weighted by Crippen LogP contribution is -1.92. The van der Waals surface area contributed by atoms with Gasteiger partial charge in [-0.15, -0.1) is 12.3 Å². The van der Waals surface area contributed by atoms with Crippen molar-refractivity contribution in [2.45, 2.75) is 65.2 Å². The third-order valence-corrected chi connectivity index (χ3v) is 2.52. The average molecular weight is 180 g/mol. The van der Waals surface area contributed by atoms with Crippen LogP contribution < -0.4 is 0 Å². The summed E-state index contributed by atoms with van der Waals surface area (Å²) in [6.07, 6.45) is 15.9. The number of unbranched alkanes of at least 4 members (excludes halogenated alkanes) is 5. The molecular weight excluding hydrogens is 156 g/mol. The highest BCUT2D eigenvalue weighted by atomic mass is 14.0. The van der Waals surface area contributed by atoms with Gasteiger partial charge in [0.05, 0.1) is 0 Å². The molecule has 0 aliphatic carbocycles. The van der Waals surface area contributed by atoms with Crippen molar-refractivity contribution in [2.75, 3.05) is 0 Å². The molecule has 0 saturated heterocycles. The summed E-state index contributed by atoms with van der Waals surface area (Å²) in [5.41, 5.74) is 0. The molecule has 0 saturated carbocycles. The van der Waals surface area contributed by atoms with Crippen LogP contribution in [0.25, 0.3) is 0 Å². The zero-order valence-corrected chi connectivity index (χ0v) is 9.31. The SMILES string of the molecule is C#CCC(C)CCCCCCCC. The molecule has 0 aromatic heterocycles. The summed E-state index contributed by atoms with van der Waals surface area (Å²) in [4.78, 5) is 0. The van der Waals surface area contributed by atoms with Gasteiger partial charge in [-0.3, -0.25) is 0 Å². The first-order valence-corrected chi connectivity index (χ1v) is 5.74. The highest BCUT2D eigenvalue weighted by Crippen LogP contribution is 2.13. The van der Waals surface area contributed by atoms with Gasteiger partial charge in [0.25, 0.3) is 0 Å². The van der Waals surface area contributed by atoms with E-state index in [1.807, 2.05) is 0 Å². The molecule has 76 valence electrons. The maximum Gasteiger partial charge on any atom is 0.0112 e. The van der Waals surface area contributed by atoms with Gasteiger partial charge in [0.1, 0.15) is 0 Å². The number of hydrogen-bond acceptors (Lipinski definition) is 0. The molecule has 0 amide bonds. The van der Waals surface area contributed by atoms with Gasteiger partial charge in [-0.2, -0.15) is 0 Å². The molecular formula is C13H24. The first kappa shape index (κ1) is 12.6. The normalized spacial score (nSPS) is 12.4. The van der Waals surface area contributed by atoms with Crippen molar-refractivity contribution in [3.8, 4) is 12.3 Å². The van der Waals surface area contributed by atoms with Gasteiger partial charge in [0.15, 0.2) is 0 Å². The third kappa shape index (κ3) is 9.47. The van der Waals surface area contributed by atoms with Crippen molar-refractivity contribution < 1.29 is 0 Å². The minimum absolute atomic E-state index is 0.733. The molecule has 0 rings (SSSR count). The van der Waals surface area contributed by atoms with Crippen molar-refractivity contribution in [3.63, 3.8) is 0 Å². The molecule has 0 heterocycles. The van der Waals surface area contributed by atoms with Crippen molar-refractivity contribution in [1.82, 2.24) is 0 Å². The Labute approximate surface area is 84.1 Å². The Morgan fingerprint density at radius 1 is 1.08 bits per heavy atom. The van der Waals surface area contributed by atoms with Gasteiger partial charge in [-0.1, -0.05) is 52.4 Å². The summed E-state index contributed by atoms with van der Waals surface area (Å²) in [6.45, 7) is 4.51. The van der Waals surface area contributed by atoms with Crippen LogP contribution in [0.5, 0.6) is 0 Å². The standard InChI is InChI=1S/C13H24/c1-4-6-7-8-9-10-12-13(3)11-5-2/h2,13H,4,6-12H2,1,3H3. The Hall–Kier alpha value is -0.440. The van der Waals surface area contributed by atoms with Crippen LogP contribution in [-0.2, 0) is 0 Å². The summed E-state index contributed by atoms with van der Waals surface area (Å²) < 4.78 is 0. The maximum atomic E-state index is 5.25. The van der Waals surface area contributed by atoms with Gasteiger partial charge in [0.2, 0.25) is 0 Å². The topological polar surface area (TPSA) is 0 Å². The highest BCUT2D eigenvalue weighted by molar-refractivity contribution is 4.85. The summed E-state index contributed by atoms with van der Waals surface area (Å²) in [6, 6.07) is 0. The van der Waals surface area contributed by atoms with Crippen LogP contribution in [0, 0.1) is 18.3 Å². The predicted molar refractivity (Wildman–Crippen MR) is 60.6 cm³/mol. The second-order valence-electron chi connectivity index (χ2n) is 4.07. The smallest absolute Gasteiger partial charge is 0.0112 e. The Kier molecular flexibility index (Phi) is 9.32. The van der Waals surface area contributed by atoms with Crippen LogP contribution in [0.4, 0.5) is 0 Å². The molecule has 0 N–H and O–H groups in total. The van der Waals surface area contributed by atoms with E-state index in [0.29, 0.717) is 0 Å². The van der Waals surface area contributed by atoms with E-state index in [1.54, 1.807) is 0 Å². The largest absolute Gasteiger partial charge is 0.120 e. The number of terminal acetylenes is 1. The van der Waals surface area contributed by atoms with E-state index in [0.717, 1.165) is 12.3 Å². The van der Waals surface area contributed by atoms with Crippen molar-refractivity contribution in [1.29, 1.82) is 0 Å². The molecule has 0 heteroatoms. The van der Waals surface area contributed by atoms with Gasteiger partial charge in [0, 0.05) is 6.42 Å². The molecule has 0 bridgehead atoms. The van der Waals surface area contributed by atoms with E-state index < -0.39 is 0 Å². The Bertz CT molecular complexity index is 129. The fourth-order valence-corrected chi connectivity index (χ4v) is 1.58. The minimum Gasteiger partial charge on any atom is -0.120 e. The van der Waals surface area contributed by atoms with E-state index in [1.165, 1.54) is 44.9 Å². The summed E-state index contributed by atoms with van der Waals surface area (Å²) in [5, 5.41) is 0. The van der Waals surface area contributed by atoms with E-state index in [9.17, 15) is 0 Å².